The molecule has 1 saturated heterocycles. The summed E-state index contributed by atoms with van der Waals surface area (Å²) in [6.07, 6.45) is 1.96. The molecule has 0 atom stereocenters. The number of aromatic nitrogens is 2. The molecule has 3 heterocycles. The number of para-hydroxylation sites is 1. The lowest BCUT2D eigenvalue weighted by Gasteiger charge is -2.28. The Labute approximate surface area is 153 Å². The molecule has 1 aliphatic heterocycles. The van der Waals surface area contributed by atoms with Crippen molar-refractivity contribution in [3.05, 3.63) is 59.9 Å². The minimum atomic E-state index is 0.196. The van der Waals surface area contributed by atoms with E-state index in [2.05, 4.69) is 35.0 Å². The number of aryl methyl sites for hydroxylation is 1. The molecule has 0 aliphatic carbocycles. The van der Waals surface area contributed by atoms with E-state index >= 15 is 0 Å². The quantitative estimate of drug-likeness (QED) is 0.769. The number of H-pyrrole nitrogens is 1. The number of anilines is 1. The van der Waals surface area contributed by atoms with Crippen LogP contribution in [0.3, 0.4) is 0 Å². The molecule has 26 heavy (non-hydrogen) atoms. The Bertz CT molecular complexity index is 924. The highest BCUT2D eigenvalue weighted by Gasteiger charge is 2.28. The molecular formula is C21H26N4O+2. The van der Waals surface area contributed by atoms with Gasteiger partial charge in [-0.25, -0.2) is 4.98 Å². The van der Waals surface area contributed by atoms with Crippen LogP contribution in [-0.4, -0.2) is 43.2 Å². The van der Waals surface area contributed by atoms with Crippen molar-refractivity contribution in [1.82, 2.24) is 4.57 Å². The number of hydrogen-bond donors (Lipinski definition) is 1. The van der Waals surface area contributed by atoms with Gasteiger partial charge in [0.25, 0.3) is 11.7 Å². The average molecular weight is 350 g/mol. The number of carbonyl (C=O) groups excluding carboxylic acids is 1. The van der Waals surface area contributed by atoms with Gasteiger partial charge in [-0.3, -0.25) is 14.3 Å². The molecule has 0 radical (unpaired) electrons. The summed E-state index contributed by atoms with van der Waals surface area (Å²) in [5, 5.41) is 1.18. The smallest absolute Gasteiger partial charge is 0.286 e. The fourth-order valence-corrected chi connectivity index (χ4v) is 3.96. The molecule has 3 aromatic rings. The molecule has 0 saturated carbocycles. The van der Waals surface area contributed by atoms with Crippen molar-refractivity contribution in [1.29, 1.82) is 0 Å². The number of aromatic amines is 1. The highest BCUT2D eigenvalue weighted by atomic mass is 16.2. The minimum absolute atomic E-state index is 0.196. The number of pyridine rings is 1. The van der Waals surface area contributed by atoms with Gasteiger partial charge in [0, 0.05) is 17.1 Å². The molecule has 1 fully saturated rings. The summed E-state index contributed by atoms with van der Waals surface area (Å²) in [6.45, 7) is 8.58. The molecule has 0 unspecified atom stereocenters. The van der Waals surface area contributed by atoms with E-state index in [9.17, 15) is 4.79 Å². The van der Waals surface area contributed by atoms with Gasteiger partial charge in [0.05, 0.1) is 11.7 Å². The molecule has 4 rings (SSSR count). The van der Waals surface area contributed by atoms with E-state index < -0.39 is 0 Å². The summed E-state index contributed by atoms with van der Waals surface area (Å²) in [4.78, 5) is 20.0. The zero-order valence-corrected chi connectivity index (χ0v) is 15.5. The van der Waals surface area contributed by atoms with Crippen molar-refractivity contribution in [2.24, 2.45) is 0 Å². The van der Waals surface area contributed by atoms with Crippen LogP contribution in [-0.2, 0) is 0 Å². The molecule has 0 spiro atoms. The van der Waals surface area contributed by atoms with Crippen LogP contribution in [0.2, 0.25) is 0 Å². The Kier molecular flexibility index (Phi) is 4.47. The molecule has 5 heteroatoms. The zero-order chi connectivity index (χ0) is 18.1. The maximum atomic E-state index is 13.0. The van der Waals surface area contributed by atoms with Crippen LogP contribution in [0.5, 0.6) is 0 Å². The van der Waals surface area contributed by atoms with Crippen molar-refractivity contribution >= 4 is 22.6 Å². The van der Waals surface area contributed by atoms with Gasteiger partial charge < -0.3 is 4.90 Å². The first-order valence-electron chi connectivity index (χ1n) is 9.30. The SMILES string of the molecule is Cc1c(C)n(C(=O)C[NH+]2CCN(c3cccc[nH+]3)CC2)c2ccccc12. The van der Waals surface area contributed by atoms with E-state index in [1.54, 1.807) is 0 Å². The van der Waals surface area contributed by atoms with E-state index in [4.69, 9.17) is 0 Å². The van der Waals surface area contributed by atoms with Crippen molar-refractivity contribution in [3.8, 4) is 0 Å². The van der Waals surface area contributed by atoms with Gasteiger partial charge in [-0.15, -0.1) is 0 Å². The summed E-state index contributed by atoms with van der Waals surface area (Å²) < 4.78 is 1.91. The summed E-state index contributed by atoms with van der Waals surface area (Å²) in [6, 6.07) is 14.3. The lowest BCUT2D eigenvalue weighted by atomic mass is 10.2. The van der Waals surface area contributed by atoms with Crippen LogP contribution < -0.4 is 14.8 Å². The molecule has 0 bridgehead atoms. The summed E-state index contributed by atoms with van der Waals surface area (Å²) in [5.74, 6) is 1.35. The molecule has 134 valence electrons. The molecule has 1 aliphatic rings. The normalized spacial score (nSPS) is 15.5. The fourth-order valence-electron chi connectivity index (χ4n) is 3.96. The second kappa shape index (κ2) is 6.92. The van der Waals surface area contributed by atoms with E-state index in [1.807, 2.05) is 42.0 Å². The van der Waals surface area contributed by atoms with Crippen LogP contribution in [0.1, 0.15) is 16.1 Å². The molecule has 2 aromatic heterocycles. The van der Waals surface area contributed by atoms with Gasteiger partial charge in [-0.05, 0) is 31.5 Å². The van der Waals surface area contributed by atoms with Crippen LogP contribution in [0, 0.1) is 13.8 Å². The van der Waals surface area contributed by atoms with Gasteiger partial charge in [0.2, 0.25) is 0 Å². The maximum Gasteiger partial charge on any atom is 0.286 e. The van der Waals surface area contributed by atoms with Gasteiger partial charge >= 0.3 is 0 Å². The predicted molar refractivity (Wildman–Crippen MR) is 103 cm³/mol. The van der Waals surface area contributed by atoms with Crippen LogP contribution in [0.25, 0.3) is 10.9 Å². The Morgan fingerprint density at radius 3 is 2.54 bits per heavy atom. The van der Waals surface area contributed by atoms with Crippen LogP contribution in [0.15, 0.2) is 48.7 Å². The lowest BCUT2D eigenvalue weighted by molar-refractivity contribution is -0.892. The number of quaternary nitrogens is 1. The first kappa shape index (κ1) is 16.8. The summed E-state index contributed by atoms with van der Waals surface area (Å²) >= 11 is 0. The van der Waals surface area contributed by atoms with Gasteiger partial charge in [0.1, 0.15) is 26.2 Å². The molecule has 2 N–H and O–H groups in total. The number of rotatable bonds is 3. The Morgan fingerprint density at radius 1 is 1.08 bits per heavy atom. The van der Waals surface area contributed by atoms with Crippen molar-refractivity contribution in [2.75, 3.05) is 37.6 Å². The first-order valence-corrected chi connectivity index (χ1v) is 9.30. The maximum absolute atomic E-state index is 13.0. The Morgan fingerprint density at radius 2 is 1.81 bits per heavy atom. The Hall–Kier alpha value is -2.66. The second-order valence-corrected chi connectivity index (χ2v) is 7.12. The monoisotopic (exact) mass is 350 g/mol. The number of hydrogen-bond acceptors (Lipinski definition) is 2. The molecule has 5 nitrogen and oxygen atoms in total. The fraction of sp³-hybridized carbons (Fsp3) is 0.333. The van der Waals surface area contributed by atoms with Crippen molar-refractivity contribution < 1.29 is 14.7 Å². The molecular weight excluding hydrogens is 324 g/mol. The third kappa shape index (κ3) is 2.99. The standard InChI is InChI=1S/C21H24N4O/c1-16-17(2)25(19-8-4-3-7-18(16)19)21(26)15-23-11-13-24(14-12-23)20-9-5-6-10-22-20/h3-10H,11-15H2,1-2H3/p+2. The predicted octanol–water partition coefficient (Wildman–Crippen LogP) is 1.12. The van der Waals surface area contributed by atoms with E-state index in [1.165, 1.54) is 15.8 Å². The molecule has 1 aromatic carbocycles. The van der Waals surface area contributed by atoms with Crippen LogP contribution >= 0.6 is 0 Å². The van der Waals surface area contributed by atoms with Gasteiger partial charge in [0.15, 0.2) is 6.54 Å². The van der Waals surface area contributed by atoms with Gasteiger partial charge in [-0.1, -0.05) is 24.3 Å². The highest BCUT2D eigenvalue weighted by molar-refractivity contribution is 5.96. The van der Waals surface area contributed by atoms with E-state index in [0.717, 1.165) is 43.2 Å². The van der Waals surface area contributed by atoms with Crippen molar-refractivity contribution in [3.63, 3.8) is 0 Å². The third-order valence-electron chi connectivity index (χ3n) is 5.58. The second-order valence-electron chi connectivity index (χ2n) is 7.12. The number of nitrogens with one attached hydrogen (secondary N) is 2. The average Bonchev–Trinajstić information content (AvgIpc) is 2.94. The molecule has 0 amide bonds. The number of benzene rings is 1. The van der Waals surface area contributed by atoms with Crippen molar-refractivity contribution in [2.45, 2.75) is 13.8 Å². The van der Waals surface area contributed by atoms with Gasteiger partial charge in [-0.2, -0.15) is 0 Å². The topological polar surface area (TPSA) is 43.8 Å². The first-order chi connectivity index (χ1) is 12.6. The third-order valence-corrected chi connectivity index (χ3v) is 5.58. The Balaban J connectivity index is 1.46. The number of nitrogens with zero attached hydrogens (tertiary/aromatic N) is 2. The number of piperazine rings is 1. The lowest BCUT2D eigenvalue weighted by Crippen LogP contribution is -3.15. The van der Waals surface area contributed by atoms with Crippen LogP contribution in [0.4, 0.5) is 5.82 Å². The van der Waals surface area contributed by atoms with E-state index in [-0.39, 0.29) is 5.91 Å². The number of fused-ring (bicyclic) bond motifs is 1. The highest BCUT2D eigenvalue weighted by Crippen LogP contribution is 2.24. The van der Waals surface area contributed by atoms with E-state index in [0.29, 0.717) is 6.54 Å². The zero-order valence-electron chi connectivity index (χ0n) is 15.5. The largest absolute Gasteiger partial charge is 0.321 e. The minimum Gasteiger partial charge on any atom is -0.321 e. The number of carbonyl (C=O) groups is 1. The summed E-state index contributed by atoms with van der Waals surface area (Å²) in [7, 11) is 0. The summed E-state index contributed by atoms with van der Waals surface area (Å²) in [5.41, 5.74) is 3.30.